The van der Waals surface area contributed by atoms with Crippen molar-refractivity contribution in [3.63, 3.8) is 0 Å². The average Bonchev–Trinajstić information content (AvgIpc) is 2.83. The standard InChI is InChI=1S/C19H31N5S/c1-14-8-7-11-24(13-14)17-12-15(2)20-18(22-17)23-19(25)21-16-9-5-3-4-6-10-16/h12,14,16H,3-11,13H2,1-2H3,(H2,20,21,22,23,25)/t14-/m0/s1. The minimum absolute atomic E-state index is 0.481. The van der Waals surface area contributed by atoms with Crippen molar-refractivity contribution in [2.45, 2.75) is 71.3 Å². The molecule has 1 atom stereocenters. The van der Waals surface area contributed by atoms with Crippen LogP contribution in [-0.2, 0) is 0 Å². The van der Waals surface area contributed by atoms with Crippen LogP contribution in [0.4, 0.5) is 11.8 Å². The van der Waals surface area contributed by atoms with Crippen LogP contribution in [0, 0.1) is 12.8 Å². The van der Waals surface area contributed by atoms with Crippen LogP contribution in [0.5, 0.6) is 0 Å². The van der Waals surface area contributed by atoms with Gasteiger partial charge in [0.2, 0.25) is 5.95 Å². The van der Waals surface area contributed by atoms with Crippen LogP contribution in [0.15, 0.2) is 6.07 Å². The van der Waals surface area contributed by atoms with E-state index in [9.17, 15) is 0 Å². The van der Waals surface area contributed by atoms with E-state index in [0.29, 0.717) is 17.1 Å². The molecular weight excluding hydrogens is 330 g/mol. The van der Waals surface area contributed by atoms with Crippen molar-refractivity contribution in [3.05, 3.63) is 11.8 Å². The minimum atomic E-state index is 0.481. The summed E-state index contributed by atoms with van der Waals surface area (Å²) in [6.45, 7) is 6.47. The SMILES string of the molecule is Cc1cc(N2CCC[C@H](C)C2)nc(NC(=S)NC2CCCCCC2)n1. The number of thiocarbonyl (C=S) groups is 1. The highest BCUT2D eigenvalue weighted by Gasteiger charge is 2.19. The van der Waals surface area contributed by atoms with Crippen molar-refractivity contribution < 1.29 is 0 Å². The summed E-state index contributed by atoms with van der Waals surface area (Å²) in [5.74, 6) is 2.34. The molecule has 1 saturated carbocycles. The van der Waals surface area contributed by atoms with Crippen LogP contribution in [0.1, 0.15) is 64.0 Å². The molecule has 1 saturated heterocycles. The molecule has 0 unspecified atom stereocenters. The second-order valence-electron chi connectivity index (χ2n) is 7.67. The van der Waals surface area contributed by atoms with E-state index in [1.54, 1.807) is 0 Å². The molecule has 6 heteroatoms. The summed E-state index contributed by atoms with van der Waals surface area (Å²) in [6, 6.07) is 2.56. The lowest BCUT2D eigenvalue weighted by atomic mass is 10.0. The number of nitrogens with zero attached hydrogens (tertiary/aromatic N) is 3. The molecule has 0 spiro atoms. The summed E-state index contributed by atoms with van der Waals surface area (Å²) >= 11 is 5.51. The number of nitrogens with one attached hydrogen (secondary N) is 2. The number of aromatic nitrogens is 2. The Morgan fingerprint density at radius 3 is 2.60 bits per heavy atom. The van der Waals surface area contributed by atoms with Crippen molar-refractivity contribution in [3.8, 4) is 0 Å². The lowest BCUT2D eigenvalue weighted by Crippen LogP contribution is -2.38. The van der Waals surface area contributed by atoms with Gasteiger partial charge in [0, 0.05) is 30.9 Å². The Morgan fingerprint density at radius 2 is 1.88 bits per heavy atom. The van der Waals surface area contributed by atoms with Crippen LogP contribution in [0.3, 0.4) is 0 Å². The Labute approximate surface area is 157 Å². The summed E-state index contributed by atoms with van der Waals surface area (Å²) in [4.78, 5) is 11.6. The first-order valence-corrected chi connectivity index (χ1v) is 10.2. The van der Waals surface area contributed by atoms with Crippen molar-refractivity contribution in [1.82, 2.24) is 15.3 Å². The topological polar surface area (TPSA) is 53.1 Å². The van der Waals surface area contributed by atoms with Gasteiger partial charge in [-0.1, -0.05) is 32.6 Å². The molecule has 0 radical (unpaired) electrons. The summed E-state index contributed by atoms with van der Waals surface area (Å²) in [7, 11) is 0. The number of rotatable bonds is 3. The van der Waals surface area contributed by atoms with E-state index in [0.717, 1.165) is 30.5 Å². The van der Waals surface area contributed by atoms with Crippen molar-refractivity contribution in [1.29, 1.82) is 0 Å². The van der Waals surface area contributed by atoms with Crippen molar-refractivity contribution in [2.75, 3.05) is 23.3 Å². The Bertz CT molecular complexity index is 583. The van der Waals surface area contributed by atoms with Gasteiger partial charge in [-0.3, -0.25) is 0 Å². The highest BCUT2D eigenvalue weighted by Crippen LogP contribution is 2.23. The molecule has 0 aromatic carbocycles. The Balaban J connectivity index is 1.62. The molecule has 138 valence electrons. The fourth-order valence-electron chi connectivity index (χ4n) is 3.91. The quantitative estimate of drug-likeness (QED) is 0.626. The van der Waals surface area contributed by atoms with E-state index in [1.165, 1.54) is 51.4 Å². The molecule has 5 nitrogen and oxygen atoms in total. The number of hydrogen-bond acceptors (Lipinski definition) is 4. The predicted octanol–water partition coefficient (Wildman–Crippen LogP) is 4.03. The van der Waals surface area contributed by atoms with E-state index >= 15 is 0 Å². The van der Waals surface area contributed by atoms with Gasteiger partial charge >= 0.3 is 0 Å². The predicted molar refractivity (Wildman–Crippen MR) is 108 cm³/mol. The second-order valence-corrected chi connectivity index (χ2v) is 8.08. The number of anilines is 2. The highest BCUT2D eigenvalue weighted by molar-refractivity contribution is 7.80. The number of aryl methyl sites for hydroxylation is 1. The van der Waals surface area contributed by atoms with Gasteiger partial charge in [0.05, 0.1) is 0 Å². The van der Waals surface area contributed by atoms with Crippen LogP contribution in [0.2, 0.25) is 0 Å². The molecule has 1 aromatic rings. The summed E-state index contributed by atoms with van der Waals surface area (Å²) in [5.41, 5.74) is 0.975. The van der Waals surface area contributed by atoms with Gasteiger partial charge < -0.3 is 15.5 Å². The molecule has 0 amide bonds. The summed E-state index contributed by atoms with van der Waals surface area (Å²) in [5, 5.41) is 7.32. The molecule has 1 aliphatic heterocycles. The van der Waals surface area contributed by atoms with Gasteiger partial charge in [0.15, 0.2) is 5.11 Å². The maximum absolute atomic E-state index is 5.51. The molecule has 25 heavy (non-hydrogen) atoms. The molecular formula is C19H31N5S. The third-order valence-electron chi connectivity index (χ3n) is 5.24. The molecule has 2 heterocycles. The monoisotopic (exact) mass is 361 g/mol. The summed E-state index contributed by atoms with van der Waals surface area (Å²) < 4.78 is 0. The maximum Gasteiger partial charge on any atom is 0.231 e. The van der Waals surface area contributed by atoms with Crippen molar-refractivity contribution >= 4 is 29.1 Å². The van der Waals surface area contributed by atoms with Gasteiger partial charge in [0.1, 0.15) is 5.82 Å². The van der Waals surface area contributed by atoms with Crippen molar-refractivity contribution in [2.24, 2.45) is 5.92 Å². The molecule has 1 aromatic heterocycles. The first kappa shape index (κ1) is 18.4. The van der Waals surface area contributed by atoms with E-state index in [4.69, 9.17) is 17.2 Å². The molecule has 3 rings (SSSR count). The first-order valence-electron chi connectivity index (χ1n) is 9.78. The highest BCUT2D eigenvalue weighted by atomic mass is 32.1. The van der Waals surface area contributed by atoms with Gasteiger partial charge in [-0.05, 0) is 50.7 Å². The van der Waals surface area contributed by atoms with Crippen LogP contribution in [-0.4, -0.2) is 34.2 Å². The zero-order chi connectivity index (χ0) is 17.6. The molecule has 2 aliphatic rings. The zero-order valence-corrected chi connectivity index (χ0v) is 16.4. The van der Waals surface area contributed by atoms with Gasteiger partial charge in [0.25, 0.3) is 0 Å². The van der Waals surface area contributed by atoms with E-state index < -0.39 is 0 Å². The minimum Gasteiger partial charge on any atom is -0.360 e. The molecule has 0 bridgehead atoms. The number of piperidine rings is 1. The third kappa shape index (κ3) is 5.53. The normalized spacial score (nSPS) is 22.3. The molecule has 1 aliphatic carbocycles. The van der Waals surface area contributed by atoms with Crippen LogP contribution < -0.4 is 15.5 Å². The maximum atomic E-state index is 5.51. The zero-order valence-electron chi connectivity index (χ0n) is 15.6. The van der Waals surface area contributed by atoms with Gasteiger partial charge in [-0.25, -0.2) is 4.98 Å². The van der Waals surface area contributed by atoms with Gasteiger partial charge in [-0.2, -0.15) is 4.98 Å². The number of hydrogen-bond donors (Lipinski definition) is 2. The Kier molecular flexibility index (Phi) is 6.45. The third-order valence-corrected chi connectivity index (χ3v) is 5.46. The van der Waals surface area contributed by atoms with Crippen LogP contribution in [0.25, 0.3) is 0 Å². The molecule has 2 fully saturated rings. The van der Waals surface area contributed by atoms with E-state index in [1.807, 2.05) is 6.92 Å². The lowest BCUT2D eigenvalue weighted by Gasteiger charge is -2.32. The fraction of sp³-hybridized carbons (Fsp3) is 0.737. The van der Waals surface area contributed by atoms with Gasteiger partial charge in [-0.15, -0.1) is 0 Å². The smallest absolute Gasteiger partial charge is 0.231 e. The van der Waals surface area contributed by atoms with E-state index in [2.05, 4.69) is 33.5 Å². The fourth-order valence-corrected chi connectivity index (χ4v) is 4.17. The Morgan fingerprint density at radius 1 is 1.12 bits per heavy atom. The lowest BCUT2D eigenvalue weighted by molar-refractivity contribution is 0.444. The summed E-state index contributed by atoms with van der Waals surface area (Å²) in [6.07, 6.45) is 10.2. The molecule has 2 N–H and O–H groups in total. The largest absolute Gasteiger partial charge is 0.360 e. The Hall–Kier alpha value is -1.43. The average molecular weight is 362 g/mol. The van der Waals surface area contributed by atoms with Crippen LogP contribution >= 0.6 is 12.2 Å². The first-order chi connectivity index (χ1) is 12.1. The second kappa shape index (κ2) is 8.79. The van der Waals surface area contributed by atoms with E-state index in [-0.39, 0.29) is 0 Å².